The van der Waals surface area contributed by atoms with E-state index in [1.54, 1.807) is 18.2 Å². The van der Waals surface area contributed by atoms with Crippen LogP contribution in [0.2, 0.25) is 0 Å². The molecule has 2 atom stereocenters. The molecule has 4 heterocycles. The zero-order chi connectivity index (χ0) is 24.4. The molecule has 34 heavy (non-hydrogen) atoms. The molecule has 0 spiro atoms. The number of rotatable bonds is 7. The smallest absolute Gasteiger partial charge is 0.353 e. The van der Waals surface area contributed by atoms with Gasteiger partial charge in [0.05, 0.1) is 0 Å². The highest BCUT2D eigenvalue weighted by molar-refractivity contribution is 8.14. The van der Waals surface area contributed by atoms with E-state index in [0.29, 0.717) is 5.03 Å². The van der Waals surface area contributed by atoms with Crippen molar-refractivity contribution in [1.82, 2.24) is 20.2 Å². The molecule has 2 aromatic heterocycles. The Hall–Kier alpha value is -3.43. The van der Waals surface area contributed by atoms with Crippen LogP contribution in [0.25, 0.3) is 0 Å². The lowest BCUT2D eigenvalue weighted by Crippen LogP contribution is -2.71. The van der Waals surface area contributed by atoms with Gasteiger partial charge in [0.25, 0.3) is 11.8 Å². The van der Waals surface area contributed by atoms with Crippen LogP contribution in [0.4, 0.5) is 5.13 Å². The Morgan fingerprint density at radius 3 is 2.79 bits per heavy atom. The number of nitrogen functional groups attached to an aromatic ring is 1. The molecule has 2 aliphatic heterocycles. The molecule has 4 N–H and O–H groups in total. The average Bonchev–Trinajstić information content (AvgIpc) is 3.25. The molecule has 12 nitrogen and oxygen atoms in total. The molecule has 2 amide bonds. The number of β-lactam (4-membered cyclic amide) rings is 1. The van der Waals surface area contributed by atoms with Crippen molar-refractivity contribution in [1.29, 1.82) is 0 Å². The SMILES string of the molecule is CON=C(C(=O)NC1C(=O)N2C(C(=O)O)=C(C(=O)Sc3ccccn3)CS[C@@H]12)c1csc(N)n1. The maximum atomic E-state index is 12.9. The molecule has 2 aliphatic rings. The highest BCUT2D eigenvalue weighted by atomic mass is 32.2. The van der Waals surface area contributed by atoms with Gasteiger partial charge in [-0.3, -0.25) is 19.3 Å². The van der Waals surface area contributed by atoms with E-state index in [1.165, 1.54) is 30.4 Å². The fraction of sp³-hybridized carbons (Fsp3) is 0.211. The van der Waals surface area contributed by atoms with Gasteiger partial charge in [0.2, 0.25) is 5.12 Å². The molecule has 1 unspecified atom stereocenters. The largest absolute Gasteiger partial charge is 0.477 e. The van der Waals surface area contributed by atoms with Crippen molar-refractivity contribution in [3.63, 3.8) is 0 Å². The van der Waals surface area contributed by atoms with E-state index < -0.39 is 40.0 Å². The van der Waals surface area contributed by atoms with Crippen LogP contribution in [-0.2, 0) is 24.0 Å². The normalized spacial score (nSPS) is 19.9. The first-order valence-electron chi connectivity index (χ1n) is 9.49. The summed E-state index contributed by atoms with van der Waals surface area (Å²) in [6.45, 7) is 0. The second kappa shape index (κ2) is 9.82. The van der Waals surface area contributed by atoms with Gasteiger partial charge in [0.1, 0.15) is 34.9 Å². The number of aromatic nitrogens is 2. The van der Waals surface area contributed by atoms with E-state index in [9.17, 15) is 24.3 Å². The number of amides is 2. The fourth-order valence-electron chi connectivity index (χ4n) is 3.24. The maximum Gasteiger partial charge on any atom is 0.353 e. The number of hydrogen-bond acceptors (Lipinski definition) is 12. The Balaban J connectivity index is 1.53. The highest BCUT2D eigenvalue weighted by Crippen LogP contribution is 2.42. The van der Waals surface area contributed by atoms with Crippen molar-refractivity contribution in [2.45, 2.75) is 16.4 Å². The van der Waals surface area contributed by atoms with Crippen molar-refractivity contribution in [2.75, 3.05) is 18.6 Å². The number of fused-ring (bicyclic) bond motifs is 1. The number of nitrogens with two attached hydrogens (primary N) is 1. The molecule has 0 aromatic carbocycles. The molecule has 15 heteroatoms. The predicted octanol–water partition coefficient (Wildman–Crippen LogP) is 0.528. The second-order valence-electron chi connectivity index (χ2n) is 6.74. The number of nitrogens with one attached hydrogen (secondary N) is 1. The third-order valence-corrected chi connectivity index (χ3v) is 7.54. The first kappa shape index (κ1) is 23.7. The van der Waals surface area contributed by atoms with E-state index in [0.717, 1.165) is 28.0 Å². The number of thioether (sulfide) groups is 2. The zero-order valence-corrected chi connectivity index (χ0v) is 19.8. The minimum absolute atomic E-state index is 0.0119. The number of thiazole rings is 1. The summed E-state index contributed by atoms with van der Waals surface area (Å²) in [5.74, 6) is -2.76. The number of carboxylic acid groups (broad SMARTS) is 1. The van der Waals surface area contributed by atoms with Crippen LogP contribution in [0.3, 0.4) is 0 Å². The number of nitrogens with zero attached hydrogens (tertiary/aromatic N) is 4. The summed E-state index contributed by atoms with van der Waals surface area (Å²) in [6, 6.07) is 3.99. The molecule has 4 rings (SSSR count). The average molecular weight is 521 g/mol. The van der Waals surface area contributed by atoms with Gasteiger partial charge in [0.15, 0.2) is 10.8 Å². The molecule has 176 valence electrons. The summed E-state index contributed by atoms with van der Waals surface area (Å²) in [5, 5.41) is 16.9. The zero-order valence-electron chi connectivity index (χ0n) is 17.3. The van der Waals surface area contributed by atoms with Crippen LogP contribution in [0.5, 0.6) is 0 Å². The standard InChI is InChI=1S/C19H16N6O6S3/c1-31-24-11(9-7-33-19(20)22-9)14(26)23-12-15(27)25-13(17(28)29)8(6-32-16(12)25)18(30)34-10-4-2-3-5-21-10/h2-5,7,12,16H,6H2,1H3,(H2,20,22)(H,23,26)(H,28,29)/t12?,16-/m0/s1. The van der Waals surface area contributed by atoms with Crippen LogP contribution < -0.4 is 11.1 Å². The molecule has 0 aliphatic carbocycles. The number of carboxylic acids is 1. The van der Waals surface area contributed by atoms with Crippen LogP contribution in [0.1, 0.15) is 5.69 Å². The number of oxime groups is 1. The van der Waals surface area contributed by atoms with Gasteiger partial charge >= 0.3 is 5.97 Å². The van der Waals surface area contributed by atoms with Gasteiger partial charge in [0, 0.05) is 22.9 Å². The van der Waals surface area contributed by atoms with E-state index in [-0.39, 0.29) is 27.9 Å². The summed E-state index contributed by atoms with van der Waals surface area (Å²) in [6.07, 6.45) is 1.51. The highest BCUT2D eigenvalue weighted by Gasteiger charge is 2.55. The van der Waals surface area contributed by atoms with Crippen LogP contribution >= 0.6 is 34.9 Å². The molecule has 1 saturated heterocycles. The quantitative estimate of drug-likeness (QED) is 0.201. The summed E-state index contributed by atoms with van der Waals surface area (Å²) in [4.78, 5) is 64.2. The molecule has 1 fully saturated rings. The maximum absolute atomic E-state index is 12.9. The topological polar surface area (TPSA) is 177 Å². The van der Waals surface area contributed by atoms with Crippen molar-refractivity contribution >= 4 is 68.6 Å². The molecular weight excluding hydrogens is 504 g/mol. The predicted molar refractivity (Wildman–Crippen MR) is 125 cm³/mol. The Labute approximate surface area is 204 Å². The molecular formula is C19H16N6O6S3. The summed E-state index contributed by atoms with van der Waals surface area (Å²) >= 11 is 3.05. The monoisotopic (exact) mass is 520 g/mol. The van der Waals surface area contributed by atoms with E-state index >= 15 is 0 Å². The third kappa shape index (κ3) is 4.49. The summed E-state index contributed by atoms with van der Waals surface area (Å²) in [7, 11) is 1.25. The van der Waals surface area contributed by atoms with Gasteiger partial charge < -0.3 is 21.0 Å². The lowest BCUT2D eigenvalue weighted by Gasteiger charge is -2.49. The number of carbonyl (C=O) groups excluding carboxylic acids is 3. The van der Waals surface area contributed by atoms with E-state index in [4.69, 9.17) is 10.6 Å². The molecule has 2 aromatic rings. The fourth-order valence-corrected chi connectivity index (χ4v) is 5.96. The van der Waals surface area contributed by atoms with Crippen LogP contribution in [-0.4, -0.2) is 72.9 Å². The van der Waals surface area contributed by atoms with Crippen molar-refractivity contribution < 1.29 is 29.1 Å². The Kier molecular flexibility index (Phi) is 6.85. The number of anilines is 1. The first-order chi connectivity index (χ1) is 16.3. The van der Waals surface area contributed by atoms with Gasteiger partial charge in [-0.15, -0.1) is 23.1 Å². The molecule has 0 bridgehead atoms. The van der Waals surface area contributed by atoms with Gasteiger partial charge in [-0.25, -0.2) is 14.8 Å². The van der Waals surface area contributed by atoms with Gasteiger partial charge in [-0.1, -0.05) is 11.2 Å². The number of pyridine rings is 1. The minimum atomic E-state index is -1.41. The summed E-state index contributed by atoms with van der Waals surface area (Å²) in [5.41, 5.74) is 5.19. The third-order valence-electron chi connectivity index (χ3n) is 4.70. The van der Waals surface area contributed by atoms with Crippen LogP contribution in [0.15, 0.2) is 51.2 Å². The molecule has 0 radical (unpaired) electrons. The minimum Gasteiger partial charge on any atom is -0.477 e. The van der Waals surface area contributed by atoms with E-state index in [1.807, 2.05) is 0 Å². The van der Waals surface area contributed by atoms with Gasteiger partial charge in [-0.2, -0.15) is 0 Å². The van der Waals surface area contributed by atoms with Gasteiger partial charge in [-0.05, 0) is 23.9 Å². The van der Waals surface area contributed by atoms with Crippen molar-refractivity contribution in [3.05, 3.63) is 46.7 Å². The molecule has 0 saturated carbocycles. The van der Waals surface area contributed by atoms with Crippen molar-refractivity contribution in [3.8, 4) is 0 Å². The lowest BCUT2D eigenvalue weighted by molar-refractivity contribution is -0.150. The number of aliphatic carboxylic acids is 1. The summed E-state index contributed by atoms with van der Waals surface area (Å²) < 4.78 is 0. The first-order valence-corrected chi connectivity index (χ1v) is 12.2. The Bertz CT molecular complexity index is 1230. The number of hydrogen-bond donors (Lipinski definition) is 3. The number of carbonyl (C=O) groups is 4. The Morgan fingerprint density at radius 1 is 1.38 bits per heavy atom. The Morgan fingerprint density at radius 2 is 2.18 bits per heavy atom. The lowest BCUT2D eigenvalue weighted by atomic mass is 10.0. The van der Waals surface area contributed by atoms with Crippen molar-refractivity contribution in [2.24, 2.45) is 5.16 Å². The van der Waals surface area contributed by atoms with E-state index in [2.05, 4.69) is 20.4 Å². The van der Waals surface area contributed by atoms with Crippen LogP contribution in [0, 0.1) is 0 Å². The second-order valence-corrected chi connectivity index (χ2v) is 9.73.